The molecule has 0 spiro atoms. The second kappa shape index (κ2) is 4.91. The minimum atomic E-state index is -2.38. The van der Waals surface area contributed by atoms with Crippen LogP contribution in [0.15, 0.2) is 24.3 Å². The average molecular weight is 201 g/mol. The Labute approximate surface area is 81.6 Å². The Hall–Kier alpha value is -1.16. The SMILES string of the molecule is CC(Nc1ccc(CO)cc1)C(F)F. The number of alkyl halides is 2. The first-order valence-corrected chi connectivity index (χ1v) is 4.38. The molecule has 2 nitrogen and oxygen atoms in total. The number of halogens is 2. The molecule has 2 N–H and O–H groups in total. The second-order valence-electron chi connectivity index (χ2n) is 3.12. The van der Waals surface area contributed by atoms with Crippen molar-refractivity contribution in [3.05, 3.63) is 29.8 Å². The van der Waals surface area contributed by atoms with Gasteiger partial charge in [-0.3, -0.25) is 0 Å². The number of nitrogens with one attached hydrogen (secondary N) is 1. The molecule has 0 amide bonds. The molecule has 0 aliphatic heterocycles. The predicted molar refractivity (Wildman–Crippen MR) is 51.5 cm³/mol. The Kier molecular flexibility index (Phi) is 3.83. The lowest BCUT2D eigenvalue weighted by Gasteiger charge is -2.14. The monoisotopic (exact) mass is 201 g/mol. The molecule has 1 aromatic carbocycles. The van der Waals surface area contributed by atoms with Gasteiger partial charge < -0.3 is 10.4 Å². The lowest BCUT2D eigenvalue weighted by Crippen LogP contribution is -2.23. The smallest absolute Gasteiger partial charge is 0.258 e. The third kappa shape index (κ3) is 2.96. The van der Waals surface area contributed by atoms with Crippen molar-refractivity contribution in [2.24, 2.45) is 0 Å². The summed E-state index contributed by atoms with van der Waals surface area (Å²) in [4.78, 5) is 0. The van der Waals surface area contributed by atoms with Crippen LogP contribution in [0.4, 0.5) is 14.5 Å². The van der Waals surface area contributed by atoms with E-state index in [0.717, 1.165) is 5.56 Å². The van der Waals surface area contributed by atoms with E-state index in [1.807, 2.05) is 0 Å². The topological polar surface area (TPSA) is 32.3 Å². The summed E-state index contributed by atoms with van der Waals surface area (Å²) in [6, 6.07) is 5.87. The molecule has 0 aromatic heterocycles. The molecule has 0 aliphatic rings. The van der Waals surface area contributed by atoms with Crippen molar-refractivity contribution in [2.75, 3.05) is 5.32 Å². The highest BCUT2D eigenvalue weighted by Crippen LogP contribution is 2.13. The van der Waals surface area contributed by atoms with Crippen LogP contribution in [0.25, 0.3) is 0 Å². The van der Waals surface area contributed by atoms with E-state index in [1.54, 1.807) is 24.3 Å². The highest BCUT2D eigenvalue weighted by Gasteiger charge is 2.13. The van der Waals surface area contributed by atoms with Crippen LogP contribution in [0, 0.1) is 0 Å². The van der Waals surface area contributed by atoms with Crippen LogP contribution in [0.3, 0.4) is 0 Å². The normalized spacial score (nSPS) is 12.9. The van der Waals surface area contributed by atoms with Crippen molar-refractivity contribution in [2.45, 2.75) is 26.0 Å². The molecule has 0 saturated carbocycles. The molecule has 4 heteroatoms. The van der Waals surface area contributed by atoms with Crippen molar-refractivity contribution in [3.8, 4) is 0 Å². The molecule has 0 heterocycles. The maximum Gasteiger partial charge on any atom is 0.258 e. The first-order chi connectivity index (χ1) is 6.63. The summed E-state index contributed by atoms with van der Waals surface area (Å²) in [5.41, 5.74) is 1.40. The molecule has 0 aliphatic carbocycles. The van der Waals surface area contributed by atoms with Crippen LogP contribution in [0.5, 0.6) is 0 Å². The van der Waals surface area contributed by atoms with Crippen LogP contribution in [-0.4, -0.2) is 17.6 Å². The van der Waals surface area contributed by atoms with Crippen molar-refractivity contribution in [1.82, 2.24) is 0 Å². The van der Waals surface area contributed by atoms with Crippen molar-refractivity contribution < 1.29 is 13.9 Å². The second-order valence-corrected chi connectivity index (χ2v) is 3.12. The van der Waals surface area contributed by atoms with Crippen molar-refractivity contribution in [1.29, 1.82) is 0 Å². The van der Waals surface area contributed by atoms with E-state index >= 15 is 0 Å². The van der Waals surface area contributed by atoms with E-state index in [9.17, 15) is 8.78 Å². The van der Waals surface area contributed by atoms with Gasteiger partial charge in [0.1, 0.15) is 0 Å². The maximum atomic E-state index is 12.2. The highest BCUT2D eigenvalue weighted by molar-refractivity contribution is 5.45. The molecule has 0 radical (unpaired) electrons. The van der Waals surface area contributed by atoms with Gasteiger partial charge in [0, 0.05) is 5.69 Å². The lowest BCUT2D eigenvalue weighted by atomic mass is 10.2. The number of aliphatic hydroxyl groups is 1. The quantitative estimate of drug-likeness (QED) is 0.783. The molecular weight excluding hydrogens is 188 g/mol. The summed E-state index contributed by atoms with van der Waals surface area (Å²) in [5.74, 6) is 0. The van der Waals surface area contributed by atoms with Gasteiger partial charge in [0.15, 0.2) is 0 Å². The molecule has 0 bridgehead atoms. The van der Waals surface area contributed by atoms with Crippen LogP contribution >= 0.6 is 0 Å². The Morgan fingerprint density at radius 1 is 1.29 bits per heavy atom. The highest BCUT2D eigenvalue weighted by atomic mass is 19.3. The lowest BCUT2D eigenvalue weighted by molar-refractivity contribution is 0.131. The van der Waals surface area contributed by atoms with E-state index in [-0.39, 0.29) is 6.61 Å². The van der Waals surface area contributed by atoms with E-state index < -0.39 is 12.5 Å². The van der Waals surface area contributed by atoms with Crippen LogP contribution < -0.4 is 5.32 Å². The van der Waals surface area contributed by atoms with Crippen LogP contribution in [0.1, 0.15) is 12.5 Å². The van der Waals surface area contributed by atoms with Gasteiger partial charge in [-0.1, -0.05) is 12.1 Å². The molecule has 1 aromatic rings. The zero-order valence-corrected chi connectivity index (χ0v) is 7.87. The molecule has 1 rings (SSSR count). The third-order valence-corrected chi connectivity index (χ3v) is 1.91. The summed E-state index contributed by atoms with van der Waals surface area (Å²) < 4.78 is 24.3. The molecule has 1 unspecified atom stereocenters. The zero-order chi connectivity index (χ0) is 10.6. The standard InChI is InChI=1S/C10H13F2NO/c1-7(10(11)12)13-9-4-2-8(6-14)3-5-9/h2-5,7,10,13-14H,6H2,1H3. The summed E-state index contributed by atoms with van der Waals surface area (Å²) in [6.45, 7) is 1.38. The minimum Gasteiger partial charge on any atom is -0.392 e. The first kappa shape index (κ1) is 10.9. The largest absolute Gasteiger partial charge is 0.392 e. The first-order valence-electron chi connectivity index (χ1n) is 4.38. The van der Waals surface area contributed by atoms with E-state index in [4.69, 9.17) is 5.11 Å². The molecule has 78 valence electrons. The Morgan fingerprint density at radius 3 is 2.29 bits per heavy atom. The summed E-state index contributed by atoms with van der Waals surface area (Å²) in [6.07, 6.45) is -2.38. The van der Waals surface area contributed by atoms with Crippen LogP contribution in [-0.2, 0) is 6.61 Å². The Morgan fingerprint density at radius 2 is 1.86 bits per heavy atom. The average Bonchev–Trinajstić information content (AvgIpc) is 2.19. The van der Waals surface area contributed by atoms with Crippen molar-refractivity contribution >= 4 is 5.69 Å². The van der Waals surface area contributed by atoms with Crippen LogP contribution in [0.2, 0.25) is 0 Å². The van der Waals surface area contributed by atoms with Gasteiger partial charge in [-0.05, 0) is 24.6 Å². The summed E-state index contributed by atoms with van der Waals surface area (Å²) >= 11 is 0. The fraction of sp³-hybridized carbons (Fsp3) is 0.400. The Bertz CT molecular complexity index is 274. The molecule has 0 saturated heterocycles. The van der Waals surface area contributed by atoms with E-state index in [0.29, 0.717) is 5.69 Å². The molecule has 0 fully saturated rings. The van der Waals surface area contributed by atoms with Gasteiger partial charge >= 0.3 is 0 Å². The van der Waals surface area contributed by atoms with Gasteiger partial charge in [0.2, 0.25) is 0 Å². The number of rotatable bonds is 4. The Balaban J connectivity index is 2.59. The molecular formula is C10H13F2NO. The van der Waals surface area contributed by atoms with Gasteiger partial charge in [-0.2, -0.15) is 0 Å². The third-order valence-electron chi connectivity index (χ3n) is 1.91. The fourth-order valence-corrected chi connectivity index (χ4v) is 1.03. The summed E-state index contributed by atoms with van der Waals surface area (Å²) in [5, 5.41) is 11.4. The maximum absolute atomic E-state index is 12.2. The minimum absolute atomic E-state index is 0.0370. The van der Waals surface area contributed by atoms with Crippen molar-refractivity contribution in [3.63, 3.8) is 0 Å². The molecule has 14 heavy (non-hydrogen) atoms. The van der Waals surface area contributed by atoms with Gasteiger partial charge in [-0.15, -0.1) is 0 Å². The zero-order valence-electron chi connectivity index (χ0n) is 7.87. The van der Waals surface area contributed by atoms with E-state index in [1.165, 1.54) is 6.92 Å². The van der Waals surface area contributed by atoms with Gasteiger partial charge in [0.05, 0.1) is 12.6 Å². The number of hydrogen-bond acceptors (Lipinski definition) is 2. The predicted octanol–water partition coefficient (Wildman–Crippen LogP) is 2.24. The van der Waals surface area contributed by atoms with Gasteiger partial charge in [0.25, 0.3) is 6.43 Å². The number of anilines is 1. The fourth-order valence-electron chi connectivity index (χ4n) is 1.03. The molecule has 1 atom stereocenters. The number of hydrogen-bond donors (Lipinski definition) is 2. The van der Waals surface area contributed by atoms with E-state index in [2.05, 4.69) is 5.32 Å². The summed E-state index contributed by atoms with van der Waals surface area (Å²) in [7, 11) is 0. The van der Waals surface area contributed by atoms with Gasteiger partial charge in [-0.25, -0.2) is 8.78 Å². The number of benzene rings is 1. The number of aliphatic hydroxyl groups excluding tert-OH is 1.